The first-order valence-corrected chi connectivity index (χ1v) is 6.33. The summed E-state index contributed by atoms with van der Waals surface area (Å²) in [5, 5.41) is 8.66. The van der Waals surface area contributed by atoms with Crippen molar-refractivity contribution >= 4 is 5.97 Å². The lowest BCUT2D eigenvalue weighted by molar-refractivity contribution is -0.154. The molecule has 0 spiro atoms. The van der Waals surface area contributed by atoms with Crippen LogP contribution in [0.3, 0.4) is 0 Å². The van der Waals surface area contributed by atoms with E-state index in [4.69, 9.17) is 9.84 Å². The largest absolute Gasteiger partial charge is 0.463 e. The Morgan fingerprint density at radius 3 is 2.69 bits per heavy atom. The Kier molecular flexibility index (Phi) is 5.26. The molecule has 0 amide bonds. The Morgan fingerprint density at radius 1 is 1.44 bits per heavy atom. The van der Waals surface area contributed by atoms with Gasteiger partial charge in [-0.2, -0.15) is 0 Å². The molecule has 3 nitrogen and oxygen atoms in total. The number of carbonyl (C=O) groups excluding carboxylic acids is 1. The number of rotatable bonds is 4. The molecule has 0 bridgehead atoms. The first-order chi connectivity index (χ1) is 7.56. The number of aliphatic hydroxyl groups is 1. The molecular weight excluding hydrogens is 204 g/mol. The molecule has 0 aliphatic heterocycles. The van der Waals surface area contributed by atoms with Gasteiger partial charge in [-0.05, 0) is 30.6 Å². The predicted octanol–water partition coefficient (Wildman–Crippen LogP) is 2.23. The van der Waals surface area contributed by atoms with Crippen molar-refractivity contribution in [2.45, 2.75) is 40.0 Å². The predicted molar refractivity (Wildman–Crippen MR) is 62.9 cm³/mol. The lowest BCUT2D eigenvalue weighted by atomic mass is 9.70. The van der Waals surface area contributed by atoms with Gasteiger partial charge in [0.15, 0.2) is 0 Å². The van der Waals surface area contributed by atoms with Crippen LogP contribution >= 0.6 is 0 Å². The van der Waals surface area contributed by atoms with Gasteiger partial charge in [0, 0.05) is 0 Å². The van der Waals surface area contributed by atoms with Crippen LogP contribution in [0.25, 0.3) is 0 Å². The number of ether oxygens (including phenoxy) is 1. The maximum absolute atomic E-state index is 11.9. The van der Waals surface area contributed by atoms with Gasteiger partial charge in [0.05, 0.1) is 12.5 Å². The summed E-state index contributed by atoms with van der Waals surface area (Å²) in [5.41, 5.74) is 0. The summed E-state index contributed by atoms with van der Waals surface area (Å²) < 4.78 is 5.07. The van der Waals surface area contributed by atoms with Crippen molar-refractivity contribution < 1.29 is 14.6 Å². The highest BCUT2D eigenvalue weighted by Crippen LogP contribution is 2.38. The third-order valence-electron chi connectivity index (χ3n) is 3.66. The van der Waals surface area contributed by atoms with E-state index in [2.05, 4.69) is 20.8 Å². The topological polar surface area (TPSA) is 46.5 Å². The van der Waals surface area contributed by atoms with Gasteiger partial charge < -0.3 is 9.84 Å². The van der Waals surface area contributed by atoms with Crippen LogP contribution in [0, 0.1) is 23.7 Å². The molecule has 0 radical (unpaired) electrons. The lowest BCUT2D eigenvalue weighted by Crippen LogP contribution is -2.34. The zero-order valence-electron chi connectivity index (χ0n) is 10.6. The summed E-state index contributed by atoms with van der Waals surface area (Å²) >= 11 is 0. The van der Waals surface area contributed by atoms with E-state index in [-0.39, 0.29) is 25.1 Å². The molecule has 1 aliphatic carbocycles. The van der Waals surface area contributed by atoms with Gasteiger partial charge in [-0.3, -0.25) is 4.79 Å². The third kappa shape index (κ3) is 3.48. The first kappa shape index (κ1) is 13.5. The second kappa shape index (κ2) is 6.24. The van der Waals surface area contributed by atoms with Crippen LogP contribution in [0.2, 0.25) is 0 Å². The van der Waals surface area contributed by atoms with Gasteiger partial charge >= 0.3 is 5.97 Å². The quantitative estimate of drug-likeness (QED) is 0.751. The fourth-order valence-corrected chi connectivity index (χ4v) is 2.73. The average molecular weight is 228 g/mol. The van der Waals surface area contributed by atoms with Crippen LogP contribution in [-0.4, -0.2) is 24.3 Å². The van der Waals surface area contributed by atoms with E-state index in [0.717, 1.165) is 12.8 Å². The van der Waals surface area contributed by atoms with Crippen molar-refractivity contribution in [1.29, 1.82) is 0 Å². The third-order valence-corrected chi connectivity index (χ3v) is 3.66. The number of esters is 1. The number of carbonyl (C=O) groups is 1. The van der Waals surface area contributed by atoms with Gasteiger partial charge in [0.25, 0.3) is 0 Å². The molecule has 0 heterocycles. The summed E-state index contributed by atoms with van der Waals surface area (Å²) in [6, 6.07) is 0. The Bertz CT molecular complexity index is 225. The van der Waals surface area contributed by atoms with E-state index >= 15 is 0 Å². The van der Waals surface area contributed by atoms with Crippen LogP contribution < -0.4 is 0 Å². The molecule has 1 aliphatic rings. The minimum Gasteiger partial charge on any atom is -0.463 e. The van der Waals surface area contributed by atoms with Crippen molar-refractivity contribution in [2.75, 3.05) is 13.2 Å². The molecule has 1 rings (SSSR count). The van der Waals surface area contributed by atoms with Gasteiger partial charge in [-0.15, -0.1) is 0 Å². The molecule has 0 aromatic carbocycles. The molecular formula is C13H24O3. The standard InChI is InChI=1S/C13H24O3/c1-9(2)11-5-4-10(3)8-12(11)13(15)16-7-6-14/h9-12,14H,4-8H2,1-3H3/t10-,11?,12-/m1/s1. The van der Waals surface area contributed by atoms with E-state index in [1.807, 2.05) is 0 Å². The van der Waals surface area contributed by atoms with Crippen molar-refractivity contribution in [1.82, 2.24) is 0 Å². The van der Waals surface area contributed by atoms with E-state index in [1.54, 1.807) is 0 Å². The summed E-state index contributed by atoms with van der Waals surface area (Å²) in [4.78, 5) is 11.9. The Morgan fingerprint density at radius 2 is 2.12 bits per heavy atom. The highest BCUT2D eigenvalue weighted by Gasteiger charge is 2.36. The summed E-state index contributed by atoms with van der Waals surface area (Å²) in [7, 11) is 0. The highest BCUT2D eigenvalue weighted by atomic mass is 16.5. The van der Waals surface area contributed by atoms with E-state index < -0.39 is 0 Å². The lowest BCUT2D eigenvalue weighted by Gasteiger charge is -2.35. The molecule has 94 valence electrons. The van der Waals surface area contributed by atoms with E-state index in [9.17, 15) is 4.79 Å². The summed E-state index contributed by atoms with van der Waals surface area (Å²) in [6.07, 6.45) is 3.28. The first-order valence-electron chi connectivity index (χ1n) is 6.33. The molecule has 0 aromatic heterocycles. The van der Waals surface area contributed by atoms with Gasteiger partial charge in [-0.25, -0.2) is 0 Å². The van der Waals surface area contributed by atoms with Crippen molar-refractivity contribution in [3.8, 4) is 0 Å². The van der Waals surface area contributed by atoms with E-state index in [1.165, 1.54) is 6.42 Å². The fraction of sp³-hybridized carbons (Fsp3) is 0.923. The SMILES string of the molecule is CC(C)C1CC[C@@H](C)C[C@H]1C(=O)OCCO. The molecule has 1 unspecified atom stereocenters. The number of hydrogen-bond acceptors (Lipinski definition) is 3. The second-order valence-corrected chi connectivity index (χ2v) is 5.32. The Hall–Kier alpha value is -0.570. The number of aliphatic hydroxyl groups excluding tert-OH is 1. The van der Waals surface area contributed by atoms with Gasteiger partial charge in [-0.1, -0.05) is 27.2 Å². The molecule has 1 saturated carbocycles. The van der Waals surface area contributed by atoms with Gasteiger partial charge in [0.2, 0.25) is 0 Å². The zero-order chi connectivity index (χ0) is 12.1. The van der Waals surface area contributed by atoms with Crippen molar-refractivity contribution in [2.24, 2.45) is 23.7 Å². The Labute approximate surface area is 98.2 Å². The number of hydrogen-bond donors (Lipinski definition) is 1. The summed E-state index contributed by atoms with van der Waals surface area (Å²) in [5.74, 6) is 1.51. The normalized spacial score (nSPS) is 30.4. The van der Waals surface area contributed by atoms with Crippen LogP contribution in [0.15, 0.2) is 0 Å². The Balaban J connectivity index is 2.59. The van der Waals surface area contributed by atoms with Crippen LogP contribution in [0.5, 0.6) is 0 Å². The molecule has 3 atom stereocenters. The van der Waals surface area contributed by atoms with Gasteiger partial charge in [0.1, 0.15) is 6.61 Å². The monoisotopic (exact) mass is 228 g/mol. The molecule has 1 fully saturated rings. The maximum atomic E-state index is 11.9. The highest BCUT2D eigenvalue weighted by molar-refractivity contribution is 5.73. The van der Waals surface area contributed by atoms with Crippen LogP contribution in [0.1, 0.15) is 40.0 Å². The van der Waals surface area contributed by atoms with E-state index in [0.29, 0.717) is 17.8 Å². The second-order valence-electron chi connectivity index (χ2n) is 5.32. The van der Waals surface area contributed by atoms with Crippen molar-refractivity contribution in [3.05, 3.63) is 0 Å². The van der Waals surface area contributed by atoms with Crippen molar-refractivity contribution in [3.63, 3.8) is 0 Å². The maximum Gasteiger partial charge on any atom is 0.309 e. The molecule has 1 N–H and O–H groups in total. The van der Waals surface area contributed by atoms with Crippen LogP contribution in [0.4, 0.5) is 0 Å². The molecule has 3 heteroatoms. The van der Waals surface area contributed by atoms with Crippen LogP contribution in [-0.2, 0) is 9.53 Å². The average Bonchev–Trinajstić information content (AvgIpc) is 2.25. The minimum atomic E-state index is -0.112. The minimum absolute atomic E-state index is 0.0373. The molecule has 0 aromatic rings. The smallest absolute Gasteiger partial charge is 0.309 e. The zero-order valence-corrected chi connectivity index (χ0v) is 10.6. The molecule has 16 heavy (non-hydrogen) atoms. The fourth-order valence-electron chi connectivity index (χ4n) is 2.73. The molecule has 0 saturated heterocycles. The summed E-state index contributed by atoms with van der Waals surface area (Å²) in [6.45, 7) is 6.59.